The first-order valence-electron chi connectivity index (χ1n) is 11.5. The second-order valence-electron chi connectivity index (χ2n) is 9.84. The predicted octanol–water partition coefficient (Wildman–Crippen LogP) is 5.89. The highest BCUT2D eigenvalue weighted by Gasteiger charge is 2.57. The van der Waals surface area contributed by atoms with E-state index < -0.39 is 5.97 Å². The summed E-state index contributed by atoms with van der Waals surface area (Å²) in [5, 5.41) is 15.1. The summed E-state index contributed by atoms with van der Waals surface area (Å²) >= 11 is 1.59. The number of carboxylic acids is 1. The van der Waals surface area contributed by atoms with Crippen molar-refractivity contribution in [1.82, 2.24) is 5.32 Å². The van der Waals surface area contributed by atoms with Gasteiger partial charge in [-0.15, -0.1) is 11.3 Å². The molecule has 2 aromatic rings. The Balaban J connectivity index is 1.46. The van der Waals surface area contributed by atoms with E-state index in [1.165, 1.54) is 6.42 Å². The molecule has 1 aromatic heterocycles. The van der Waals surface area contributed by atoms with Crippen LogP contribution >= 0.6 is 11.3 Å². The standard InChI is InChI=1S/C26H33NO4S/c1-26(2)16-12-21(26)18(8-6-4-5-7-9-24(28)29)22(13-16)27-25(30)20-15-32-23-11-10-17(31-3)14-19(20)23/h4,6,10-11,14-16,18,21-22H,5,7-9,12-13H2,1-3H3,(H,27,30)(H,28,29)/b6-4-/t16-,18-,21+,22-/m0/s1. The molecule has 0 aliphatic heterocycles. The Labute approximate surface area is 193 Å². The van der Waals surface area contributed by atoms with Crippen LogP contribution in [0.1, 0.15) is 62.7 Å². The number of methoxy groups -OCH3 is 1. The van der Waals surface area contributed by atoms with Crippen LogP contribution in [0.2, 0.25) is 0 Å². The lowest BCUT2D eigenvalue weighted by atomic mass is 9.44. The fraction of sp³-hybridized carbons (Fsp3) is 0.538. The number of ether oxygens (including phenoxy) is 1. The van der Waals surface area contributed by atoms with Crippen LogP contribution in [0.3, 0.4) is 0 Å². The molecular formula is C26H33NO4S. The molecule has 1 aromatic carbocycles. The summed E-state index contributed by atoms with van der Waals surface area (Å²) in [5.74, 6) is 1.70. The zero-order chi connectivity index (χ0) is 22.9. The van der Waals surface area contributed by atoms with Crippen LogP contribution in [-0.2, 0) is 4.79 Å². The highest BCUT2D eigenvalue weighted by molar-refractivity contribution is 7.17. The number of carboxylic acid groups (broad SMARTS) is 1. The average Bonchev–Trinajstić information content (AvgIpc) is 3.19. The van der Waals surface area contributed by atoms with Crippen molar-refractivity contribution >= 4 is 33.3 Å². The summed E-state index contributed by atoms with van der Waals surface area (Å²) in [4.78, 5) is 24.0. The third-order valence-electron chi connectivity index (χ3n) is 7.80. The van der Waals surface area contributed by atoms with Gasteiger partial charge in [0.1, 0.15) is 5.75 Å². The fourth-order valence-electron chi connectivity index (χ4n) is 5.74. The van der Waals surface area contributed by atoms with E-state index in [-0.39, 0.29) is 18.4 Å². The molecule has 3 aliphatic rings. The number of nitrogens with one attached hydrogen (secondary N) is 1. The Morgan fingerprint density at radius 2 is 2.09 bits per heavy atom. The molecule has 0 unspecified atom stereocenters. The number of allylic oxidation sites excluding steroid dienone is 2. The minimum absolute atomic E-state index is 0.00375. The second kappa shape index (κ2) is 9.26. The molecule has 32 heavy (non-hydrogen) atoms. The molecule has 1 amide bonds. The van der Waals surface area contributed by atoms with E-state index in [1.54, 1.807) is 18.4 Å². The average molecular weight is 456 g/mol. The van der Waals surface area contributed by atoms with Gasteiger partial charge in [-0.25, -0.2) is 0 Å². The maximum Gasteiger partial charge on any atom is 0.303 e. The molecule has 2 N–H and O–H groups in total. The highest BCUT2D eigenvalue weighted by atomic mass is 32.1. The molecule has 4 atom stereocenters. The number of carbonyl (C=O) groups excluding carboxylic acids is 1. The number of thiophene rings is 1. The van der Waals surface area contributed by atoms with E-state index >= 15 is 0 Å². The summed E-state index contributed by atoms with van der Waals surface area (Å²) in [7, 11) is 1.64. The molecule has 1 heterocycles. The summed E-state index contributed by atoms with van der Waals surface area (Å²) in [6.07, 6.45) is 9.18. The van der Waals surface area contributed by atoms with E-state index in [9.17, 15) is 9.59 Å². The maximum absolute atomic E-state index is 13.3. The van der Waals surface area contributed by atoms with E-state index in [4.69, 9.17) is 9.84 Å². The Hall–Kier alpha value is -2.34. The SMILES string of the molecule is COc1ccc2scc(C(=O)N[C@H]3C[C@@H]4C[C@H]([C@@H]3C/C=C\CCCC(=O)O)C4(C)C)c2c1. The molecule has 2 bridgehead atoms. The number of fused-ring (bicyclic) bond motifs is 3. The zero-order valence-corrected chi connectivity index (χ0v) is 19.9. The molecule has 0 saturated heterocycles. The first-order chi connectivity index (χ1) is 15.3. The van der Waals surface area contributed by atoms with Crippen molar-refractivity contribution < 1.29 is 19.4 Å². The lowest BCUT2D eigenvalue weighted by Crippen LogP contribution is -2.61. The fourth-order valence-corrected chi connectivity index (χ4v) is 6.66. The molecule has 3 fully saturated rings. The quantitative estimate of drug-likeness (QED) is 0.365. The Morgan fingerprint density at radius 1 is 1.28 bits per heavy atom. The Bertz CT molecular complexity index is 1020. The first-order valence-corrected chi connectivity index (χ1v) is 12.4. The minimum atomic E-state index is -0.741. The molecule has 0 spiro atoms. The lowest BCUT2D eigenvalue weighted by Gasteiger charge is -2.62. The lowest BCUT2D eigenvalue weighted by molar-refractivity contribution is -0.137. The maximum atomic E-state index is 13.3. The second-order valence-corrected chi connectivity index (χ2v) is 10.8. The minimum Gasteiger partial charge on any atom is -0.497 e. The largest absolute Gasteiger partial charge is 0.497 e. The number of aliphatic carboxylic acids is 1. The van der Waals surface area contributed by atoms with E-state index in [0.29, 0.717) is 29.6 Å². The Kier molecular flexibility index (Phi) is 6.61. The van der Waals surface area contributed by atoms with Gasteiger partial charge in [0.2, 0.25) is 0 Å². The van der Waals surface area contributed by atoms with Crippen LogP contribution in [-0.4, -0.2) is 30.1 Å². The number of unbranched alkanes of at least 4 members (excludes halogenated alkanes) is 1. The van der Waals surface area contributed by atoms with Crippen molar-refractivity contribution in [3.8, 4) is 5.75 Å². The molecular weight excluding hydrogens is 422 g/mol. The summed E-state index contributed by atoms with van der Waals surface area (Å²) in [6, 6.07) is 6.05. The van der Waals surface area contributed by atoms with Gasteiger partial charge in [0.05, 0.1) is 12.7 Å². The number of amides is 1. The van der Waals surface area contributed by atoms with Crippen molar-refractivity contribution in [2.75, 3.05) is 7.11 Å². The smallest absolute Gasteiger partial charge is 0.303 e. The Morgan fingerprint density at radius 3 is 2.81 bits per heavy atom. The number of benzene rings is 1. The zero-order valence-electron chi connectivity index (χ0n) is 19.1. The van der Waals surface area contributed by atoms with Gasteiger partial charge in [0.25, 0.3) is 5.91 Å². The van der Waals surface area contributed by atoms with Crippen LogP contribution in [0, 0.1) is 23.2 Å². The summed E-state index contributed by atoms with van der Waals surface area (Å²) in [5.41, 5.74) is 1.05. The van der Waals surface area contributed by atoms with Gasteiger partial charge >= 0.3 is 5.97 Å². The molecule has 6 heteroatoms. The number of carbonyl (C=O) groups is 2. The molecule has 0 radical (unpaired) electrons. The van der Waals surface area contributed by atoms with Crippen LogP contribution in [0.25, 0.3) is 10.1 Å². The van der Waals surface area contributed by atoms with Gasteiger partial charge < -0.3 is 15.2 Å². The third kappa shape index (κ3) is 4.42. The van der Waals surface area contributed by atoms with Gasteiger partial charge in [-0.2, -0.15) is 0 Å². The molecule has 172 valence electrons. The highest BCUT2D eigenvalue weighted by Crippen LogP contribution is 2.62. The van der Waals surface area contributed by atoms with E-state index in [1.807, 2.05) is 23.6 Å². The normalized spacial score (nSPS) is 26.1. The molecule has 3 saturated carbocycles. The van der Waals surface area contributed by atoms with Crippen molar-refractivity contribution in [3.05, 3.63) is 41.3 Å². The summed E-state index contributed by atoms with van der Waals surface area (Å²) < 4.78 is 6.44. The van der Waals surface area contributed by atoms with Crippen LogP contribution in [0.5, 0.6) is 5.75 Å². The van der Waals surface area contributed by atoms with Crippen LogP contribution in [0.4, 0.5) is 0 Å². The topological polar surface area (TPSA) is 75.6 Å². The van der Waals surface area contributed by atoms with E-state index in [0.717, 1.165) is 40.7 Å². The van der Waals surface area contributed by atoms with Crippen molar-refractivity contribution in [1.29, 1.82) is 0 Å². The van der Waals surface area contributed by atoms with Crippen molar-refractivity contribution in [2.45, 2.75) is 58.4 Å². The van der Waals surface area contributed by atoms with Crippen molar-refractivity contribution in [2.24, 2.45) is 23.2 Å². The van der Waals surface area contributed by atoms with Gasteiger partial charge in [0.15, 0.2) is 0 Å². The van der Waals surface area contributed by atoms with Gasteiger partial charge in [-0.1, -0.05) is 26.0 Å². The number of hydrogen-bond donors (Lipinski definition) is 2. The number of rotatable bonds is 9. The third-order valence-corrected chi connectivity index (χ3v) is 8.76. The first kappa shape index (κ1) is 22.8. The number of hydrogen-bond acceptors (Lipinski definition) is 4. The monoisotopic (exact) mass is 455 g/mol. The van der Waals surface area contributed by atoms with Gasteiger partial charge in [-0.3, -0.25) is 9.59 Å². The van der Waals surface area contributed by atoms with Crippen LogP contribution in [0.15, 0.2) is 35.7 Å². The predicted molar refractivity (Wildman–Crippen MR) is 128 cm³/mol. The van der Waals surface area contributed by atoms with Gasteiger partial charge in [-0.05, 0) is 73.5 Å². The molecule has 3 aliphatic carbocycles. The molecule has 5 nitrogen and oxygen atoms in total. The van der Waals surface area contributed by atoms with Crippen molar-refractivity contribution in [3.63, 3.8) is 0 Å². The van der Waals surface area contributed by atoms with E-state index in [2.05, 4.69) is 31.3 Å². The van der Waals surface area contributed by atoms with Crippen LogP contribution < -0.4 is 10.1 Å². The summed E-state index contributed by atoms with van der Waals surface area (Å²) in [6.45, 7) is 4.73. The molecule has 5 rings (SSSR count). The van der Waals surface area contributed by atoms with Gasteiger partial charge in [0, 0.05) is 27.9 Å².